The van der Waals surface area contributed by atoms with Crippen LogP contribution in [0, 0.1) is 0 Å². The van der Waals surface area contributed by atoms with E-state index in [4.69, 9.17) is 0 Å². The van der Waals surface area contributed by atoms with E-state index in [0.29, 0.717) is 25.6 Å². The zero-order chi connectivity index (χ0) is 17.5. The number of anilines is 1. The number of hydrogen-bond acceptors (Lipinski definition) is 4. The molecular weight excluding hydrogens is 326 g/mol. The van der Waals surface area contributed by atoms with Crippen LogP contribution in [0.2, 0.25) is 0 Å². The Morgan fingerprint density at radius 1 is 1.38 bits per heavy atom. The van der Waals surface area contributed by atoms with Crippen molar-refractivity contribution < 1.29 is 13.2 Å². The lowest BCUT2D eigenvalue weighted by Crippen LogP contribution is -2.34. The Hall–Kier alpha value is -1.44. The number of likely N-dealkylation sites (N-methyl/N-ethyl adjacent to an activating group) is 1. The molecule has 1 aromatic rings. The lowest BCUT2D eigenvalue weighted by Gasteiger charge is -2.20. The van der Waals surface area contributed by atoms with E-state index in [2.05, 4.69) is 9.62 Å². The van der Waals surface area contributed by atoms with Crippen molar-refractivity contribution in [3.63, 3.8) is 0 Å². The molecule has 1 aromatic carbocycles. The van der Waals surface area contributed by atoms with Crippen molar-refractivity contribution in [2.45, 2.75) is 50.1 Å². The van der Waals surface area contributed by atoms with Gasteiger partial charge in [0.1, 0.15) is 0 Å². The van der Waals surface area contributed by atoms with E-state index in [1.165, 1.54) is 19.8 Å². The minimum atomic E-state index is -3.52. The molecule has 7 heteroatoms. The van der Waals surface area contributed by atoms with Crippen LogP contribution in [0.25, 0.3) is 0 Å². The molecule has 1 unspecified atom stereocenters. The van der Waals surface area contributed by atoms with Crippen LogP contribution < -0.4 is 9.62 Å². The van der Waals surface area contributed by atoms with Gasteiger partial charge < -0.3 is 9.80 Å². The SMILES string of the molecule is CC(=O)N1c2ccc(S(=O)(=O)NCCN(C)C3CC3)cc2CC1C. The first kappa shape index (κ1) is 17.4. The minimum Gasteiger partial charge on any atom is -0.309 e. The molecule has 0 radical (unpaired) electrons. The minimum absolute atomic E-state index is 0.0157. The summed E-state index contributed by atoms with van der Waals surface area (Å²) < 4.78 is 27.6. The number of fused-ring (bicyclic) bond motifs is 1. The number of amides is 1. The van der Waals surface area contributed by atoms with E-state index >= 15 is 0 Å². The van der Waals surface area contributed by atoms with Gasteiger partial charge in [-0.3, -0.25) is 4.79 Å². The highest BCUT2D eigenvalue weighted by Gasteiger charge is 2.30. The number of nitrogens with one attached hydrogen (secondary N) is 1. The Balaban J connectivity index is 1.70. The van der Waals surface area contributed by atoms with Gasteiger partial charge in [-0.05, 0) is 57.0 Å². The first-order valence-corrected chi connectivity index (χ1v) is 9.90. The van der Waals surface area contributed by atoms with Crippen molar-refractivity contribution in [1.82, 2.24) is 9.62 Å². The standard InChI is InChI=1S/C17H25N3O3S/c1-12-10-14-11-16(6-7-17(14)20(12)13(2)21)24(22,23)18-8-9-19(3)15-4-5-15/h6-7,11-12,15,18H,4-5,8-10H2,1-3H3. The smallest absolute Gasteiger partial charge is 0.240 e. The van der Waals surface area contributed by atoms with Gasteiger partial charge in [-0.15, -0.1) is 0 Å². The molecule has 1 heterocycles. The van der Waals surface area contributed by atoms with Gasteiger partial charge in [-0.1, -0.05) is 0 Å². The summed E-state index contributed by atoms with van der Waals surface area (Å²) >= 11 is 0. The lowest BCUT2D eigenvalue weighted by atomic mass is 10.1. The summed E-state index contributed by atoms with van der Waals surface area (Å²) in [6, 6.07) is 5.70. The maximum Gasteiger partial charge on any atom is 0.240 e. The zero-order valence-electron chi connectivity index (χ0n) is 14.4. The molecule has 3 rings (SSSR count). The van der Waals surface area contributed by atoms with Gasteiger partial charge in [-0.2, -0.15) is 0 Å². The molecule has 1 amide bonds. The third kappa shape index (κ3) is 3.48. The fraction of sp³-hybridized carbons (Fsp3) is 0.588. The van der Waals surface area contributed by atoms with E-state index in [-0.39, 0.29) is 16.8 Å². The number of hydrogen-bond donors (Lipinski definition) is 1. The lowest BCUT2D eigenvalue weighted by molar-refractivity contribution is -0.116. The number of rotatable bonds is 6. The first-order chi connectivity index (χ1) is 11.3. The van der Waals surface area contributed by atoms with Gasteiger partial charge in [0.15, 0.2) is 0 Å². The normalized spacial score (nSPS) is 20.5. The second-order valence-electron chi connectivity index (χ2n) is 6.84. The summed E-state index contributed by atoms with van der Waals surface area (Å²) in [5.74, 6) is -0.0157. The van der Waals surface area contributed by atoms with E-state index < -0.39 is 10.0 Å². The fourth-order valence-electron chi connectivity index (χ4n) is 3.39. The number of nitrogens with zero attached hydrogens (tertiary/aromatic N) is 2. The number of carbonyl (C=O) groups excluding carboxylic acids is 1. The van der Waals surface area contributed by atoms with Gasteiger partial charge in [0.25, 0.3) is 0 Å². The summed E-state index contributed by atoms with van der Waals surface area (Å²) in [5.41, 5.74) is 1.73. The van der Waals surface area contributed by atoms with Crippen LogP contribution in [-0.4, -0.2) is 51.4 Å². The largest absolute Gasteiger partial charge is 0.309 e. The van der Waals surface area contributed by atoms with E-state index in [9.17, 15) is 13.2 Å². The molecule has 0 spiro atoms. The summed E-state index contributed by atoms with van der Waals surface area (Å²) in [4.78, 5) is 15.9. The van der Waals surface area contributed by atoms with E-state index in [1.54, 1.807) is 23.1 Å². The van der Waals surface area contributed by atoms with Crippen LogP contribution in [0.1, 0.15) is 32.3 Å². The molecule has 1 atom stereocenters. The molecule has 132 valence electrons. The first-order valence-electron chi connectivity index (χ1n) is 8.42. The topological polar surface area (TPSA) is 69.7 Å². The number of sulfonamides is 1. The van der Waals surface area contributed by atoms with Crippen molar-refractivity contribution in [2.75, 3.05) is 25.0 Å². The molecule has 24 heavy (non-hydrogen) atoms. The van der Waals surface area contributed by atoms with Gasteiger partial charge in [0, 0.05) is 37.8 Å². The van der Waals surface area contributed by atoms with Crippen molar-refractivity contribution in [3.05, 3.63) is 23.8 Å². The third-order valence-electron chi connectivity index (χ3n) is 4.84. The maximum absolute atomic E-state index is 12.5. The van der Waals surface area contributed by atoms with Crippen molar-refractivity contribution in [3.8, 4) is 0 Å². The van der Waals surface area contributed by atoms with E-state index in [0.717, 1.165) is 11.3 Å². The van der Waals surface area contributed by atoms with Crippen LogP contribution in [-0.2, 0) is 21.2 Å². The molecule has 1 aliphatic heterocycles. The summed E-state index contributed by atoms with van der Waals surface area (Å²) in [6.07, 6.45) is 3.10. The Morgan fingerprint density at radius 2 is 2.08 bits per heavy atom. The Bertz CT molecular complexity index is 743. The fourth-order valence-corrected chi connectivity index (χ4v) is 4.46. The molecule has 0 saturated heterocycles. The number of carbonyl (C=O) groups is 1. The molecule has 1 aliphatic carbocycles. The summed E-state index contributed by atoms with van der Waals surface area (Å²) in [5, 5.41) is 0. The van der Waals surface area contributed by atoms with Gasteiger partial charge in [0.2, 0.25) is 15.9 Å². The average molecular weight is 351 g/mol. The van der Waals surface area contributed by atoms with Gasteiger partial charge in [0.05, 0.1) is 4.90 Å². The van der Waals surface area contributed by atoms with Gasteiger partial charge in [-0.25, -0.2) is 13.1 Å². The van der Waals surface area contributed by atoms with Crippen molar-refractivity contribution in [1.29, 1.82) is 0 Å². The van der Waals surface area contributed by atoms with Crippen LogP contribution in [0.3, 0.4) is 0 Å². The molecule has 2 aliphatic rings. The molecule has 6 nitrogen and oxygen atoms in total. The molecule has 0 bridgehead atoms. The highest BCUT2D eigenvalue weighted by Crippen LogP contribution is 2.33. The molecule has 1 saturated carbocycles. The molecule has 0 aromatic heterocycles. The Labute approximate surface area is 143 Å². The van der Waals surface area contributed by atoms with Crippen LogP contribution in [0.5, 0.6) is 0 Å². The average Bonchev–Trinajstić information content (AvgIpc) is 3.28. The highest BCUT2D eigenvalue weighted by atomic mass is 32.2. The van der Waals surface area contributed by atoms with Crippen LogP contribution >= 0.6 is 0 Å². The van der Waals surface area contributed by atoms with Gasteiger partial charge >= 0.3 is 0 Å². The second kappa shape index (κ2) is 6.46. The van der Waals surface area contributed by atoms with Crippen molar-refractivity contribution in [2.24, 2.45) is 0 Å². The maximum atomic E-state index is 12.5. The summed E-state index contributed by atoms with van der Waals surface area (Å²) in [7, 11) is -1.49. The predicted octanol–water partition coefficient (Wildman–Crippen LogP) is 1.36. The van der Waals surface area contributed by atoms with E-state index in [1.807, 2.05) is 14.0 Å². The highest BCUT2D eigenvalue weighted by molar-refractivity contribution is 7.89. The molecule has 1 fully saturated rings. The number of benzene rings is 1. The van der Waals surface area contributed by atoms with Crippen LogP contribution in [0.15, 0.2) is 23.1 Å². The van der Waals surface area contributed by atoms with Crippen LogP contribution in [0.4, 0.5) is 5.69 Å². The summed E-state index contributed by atoms with van der Waals surface area (Å²) in [6.45, 7) is 4.63. The monoisotopic (exact) mass is 351 g/mol. The van der Waals surface area contributed by atoms with Crippen molar-refractivity contribution >= 4 is 21.6 Å². The quantitative estimate of drug-likeness (QED) is 0.840. The molecule has 1 N–H and O–H groups in total. The molecular formula is C17H25N3O3S. The third-order valence-corrected chi connectivity index (χ3v) is 6.30. The Morgan fingerprint density at radius 3 is 2.71 bits per heavy atom. The zero-order valence-corrected chi connectivity index (χ0v) is 15.3. The Kier molecular flexibility index (Phi) is 4.68. The second-order valence-corrected chi connectivity index (χ2v) is 8.61. The predicted molar refractivity (Wildman–Crippen MR) is 93.6 cm³/mol.